The number of rotatable bonds is 8. The van der Waals surface area contributed by atoms with Crippen LogP contribution in [0.25, 0.3) is 5.69 Å². The molecule has 36 heavy (non-hydrogen) atoms. The zero-order valence-corrected chi connectivity index (χ0v) is 20.4. The van der Waals surface area contributed by atoms with E-state index in [1.165, 1.54) is 22.8 Å². The van der Waals surface area contributed by atoms with Gasteiger partial charge < -0.3 is 10.5 Å². The Hall–Kier alpha value is -4.44. The van der Waals surface area contributed by atoms with Crippen molar-refractivity contribution in [2.24, 2.45) is 0 Å². The quantitative estimate of drug-likeness (QED) is 0.392. The lowest BCUT2D eigenvalue weighted by Gasteiger charge is -2.24. The van der Waals surface area contributed by atoms with Crippen molar-refractivity contribution in [3.63, 3.8) is 0 Å². The summed E-state index contributed by atoms with van der Waals surface area (Å²) in [6, 6.07) is 17.0. The maximum atomic E-state index is 13.8. The summed E-state index contributed by atoms with van der Waals surface area (Å²) in [5.74, 6) is -0.591. The van der Waals surface area contributed by atoms with Gasteiger partial charge in [-0.3, -0.25) is 24.0 Å². The number of carbonyl (C=O) groups is 1. The lowest BCUT2D eigenvalue weighted by Crippen LogP contribution is -2.42. The fraction of sp³-hybridized carbons (Fsp3) is 0.231. The third kappa shape index (κ3) is 4.84. The van der Waals surface area contributed by atoms with E-state index < -0.39 is 17.2 Å². The second-order valence-electron chi connectivity index (χ2n) is 8.41. The summed E-state index contributed by atoms with van der Waals surface area (Å²) in [5, 5.41) is 4.40. The van der Waals surface area contributed by atoms with Crippen molar-refractivity contribution >= 4 is 17.4 Å². The SMILES string of the molecule is COCCN(C(=O)c1cnn(-c2cccc(C)c2)c1C)c1c(N)n(Cc2ccccc2)c(=O)[nH]c1=O. The number of ether oxygens (including phenoxy) is 1. The Balaban J connectivity index is 1.79. The molecule has 0 fully saturated rings. The molecule has 0 aliphatic rings. The number of hydrogen-bond acceptors (Lipinski definition) is 6. The van der Waals surface area contributed by atoms with Gasteiger partial charge in [0.05, 0.1) is 36.3 Å². The number of aromatic nitrogens is 4. The summed E-state index contributed by atoms with van der Waals surface area (Å²) < 4.78 is 8.09. The van der Waals surface area contributed by atoms with Crippen LogP contribution in [0, 0.1) is 13.8 Å². The van der Waals surface area contributed by atoms with E-state index in [4.69, 9.17) is 10.5 Å². The Morgan fingerprint density at radius 3 is 2.56 bits per heavy atom. The average molecular weight is 489 g/mol. The van der Waals surface area contributed by atoms with E-state index in [9.17, 15) is 14.4 Å². The fourth-order valence-electron chi connectivity index (χ4n) is 4.04. The van der Waals surface area contributed by atoms with Crippen molar-refractivity contribution in [2.75, 3.05) is 30.9 Å². The average Bonchev–Trinajstić information content (AvgIpc) is 3.25. The number of benzene rings is 2. The van der Waals surface area contributed by atoms with Gasteiger partial charge in [0.25, 0.3) is 11.5 Å². The second kappa shape index (κ2) is 10.4. The molecule has 0 spiro atoms. The normalized spacial score (nSPS) is 11.0. The Morgan fingerprint density at radius 1 is 1.11 bits per heavy atom. The van der Waals surface area contributed by atoms with Gasteiger partial charge in [0.2, 0.25) is 0 Å². The molecular weight excluding hydrogens is 460 g/mol. The predicted octanol–water partition coefficient (Wildman–Crippen LogP) is 2.26. The molecule has 0 aliphatic carbocycles. The van der Waals surface area contributed by atoms with E-state index in [0.717, 1.165) is 16.8 Å². The molecule has 2 aromatic carbocycles. The highest BCUT2D eigenvalue weighted by atomic mass is 16.5. The zero-order chi connectivity index (χ0) is 25.8. The highest BCUT2D eigenvalue weighted by Gasteiger charge is 2.28. The Kier molecular flexibility index (Phi) is 7.16. The van der Waals surface area contributed by atoms with Crippen molar-refractivity contribution in [1.82, 2.24) is 19.3 Å². The van der Waals surface area contributed by atoms with Crippen LogP contribution in [0.15, 0.2) is 70.4 Å². The van der Waals surface area contributed by atoms with Gasteiger partial charge in [-0.15, -0.1) is 0 Å². The topological polar surface area (TPSA) is 128 Å². The van der Waals surface area contributed by atoms with Gasteiger partial charge in [0.1, 0.15) is 5.82 Å². The van der Waals surface area contributed by atoms with Gasteiger partial charge in [-0.05, 0) is 37.1 Å². The van der Waals surface area contributed by atoms with Gasteiger partial charge in [-0.2, -0.15) is 5.10 Å². The van der Waals surface area contributed by atoms with Gasteiger partial charge in [-0.25, -0.2) is 9.48 Å². The molecule has 0 unspecified atom stereocenters. The van der Waals surface area contributed by atoms with Crippen molar-refractivity contribution in [1.29, 1.82) is 0 Å². The second-order valence-corrected chi connectivity index (χ2v) is 8.41. The summed E-state index contributed by atoms with van der Waals surface area (Å²) in [6.45, 7) is 4.07. The smallest absolute Gasteiger partial charge is 0.330 e. The molecule has 4 rings (SSSR count). The highest BCUT2D eigenvalue weighted by molar-refractivity contribution is 6.07. The first-order chi connectivity index (χ1) is 17.3. The summed E-state index contributed by atoms with van der Waals surface area (Å²) in [7, 11) is 1.49. The van der Waals surface area contributed by atoms with Crippen LogP contribution in [0.2, 0.25) is 0 Å². The highest BCUT2D eigenvalue weighted by Crippen LogP contribution is 2.23. The molecule has 0 atom stereocenters. The van der Waals surface area contributed by atoms with Crippen LogP contribution in [-0.4, -0.2) is 45.5 Å². The Bertz CT molecular complexity index is 1500. The summed E-state index contributed by atoms with van der Waals surface area (Å²) in [4.78, 5) is 42.9. The number of methoxy groups -OCH3 is 1. The summed E-state index contributed by atoms with van der Waals surface area (Å²) >= 11 is 0. The minimum absolute atomic E-state index is 0.0429. The first-order valence-electron chi connectivity index (χ1n) is 11.4. The molecule has 0 bridgehead atoms. The lowest BCUT2D eigenvalue weighted by atomic mass is 10.2. The predicted molar refractivity (Wildman–Crippen MR) is 138 cm³/mol. The standard InChI is InChI=1S/C26H28N6O4/c1-17-8-7-11-20(14-17)32-18(2)21(15-28-32)25(34)30(12-13-36-3)22-23(27)31(26(35)29-24(22)33)16-19-9-5-4-6-10-19/h4-11,14-15H,12-13,16,27H2,1-3H3,(H,29,33,35). The number of hydrogen-bond donors (Lipinski definition) is 2. The molecule has 0 aliphatic heterocycles. The summed E-state index contributed by atoms with van der Waals surface area (Å²) in [6.07, 6.45) is 1.46. The molecule has 2 aromatic heterocycles. The largest absolute Gasteiger partial charge is 0.383 e. The third-order valence-corrected chi connectivity index (χ3v) is 5.92. The maximum Gasteiger partial charge on any atom is 0.330 e. The number of carbonyl (C=O) groups excluding carboxylic acids is 1. The number of H-pyrrole nitrogens is 1. The molecule has 2 heterocycles. The van der Waals surface area contributed by atoms with Gasteiger partial charge in [0.15, 0.2) is 5.69 Å². The third-order valence-electron chi connectivity index (χ3n) is 5.92. The molecule has 10 nitrogen and oxygen atoms in total. The van der Waals surface area contributed by atoms with Crippen LogP contribution in [0.4, 0.5) is 11.5 Å². The number of aromatic amines is 1. The van der Waals surface area contributed by atoms with Crippen molar-refractivity contribution in [3.8, 4) is 5.69 Å². The minimum Gasteiger partial charge on any atom is -0.383 e. The van der Waals surface area contributed by atoms with Crippen LogP contribution >= 0.6 is 0 Å². The van der Waals surface area contributed by atoms with Crippen molar-refractivity contribution in [3.05, 3.63) is 104 Å². The number of nitrogens with two attached hydrogens (primary N) is 1. The Morgan fingerprint density at radius 2 is 1.86 bits per heavy atom. The molecule has 186 valence electrons. The van der Waals surface area contributed by atoms with Gasteiger partial charge in [-0.1, -0.05) is 42.5 Å². The molecule has 1 amide bonds. The molecule has 0 saturated heterocycles. The van der Waals surface area contributed by atoms with Crippen molar-refractivity contribution in [2.45, 2.75) is 20.4 Å². The van der Waals surface area contributed by atoms with E-state index >= 15 is 0 Å². The van der Waals surface area contributed by atoms with Crippen LogP contribution < -0.4 is 21.9 Å². The first kappa shape index (κ1) is 24.7. The fourth-order valence-corrected chi connectivity index (χ4v) is 4.04. The Labute approximate surface area is 207 Å². The number of amides is 1. The summed E-state index contributed by atoms with van der Waals surface area (Å²) in [5.41, 5.74) is 8.40. The van der Waals surface area contributed by atoms with Crippen LogP contribution in [0.3, 0.4) is 0 Å². The number of anilines is 2. The lowest BCUT2D eigenvalue weighted by molar-refractivity contribution is 0.0975. The van der Waals surface area contributed by atoms with Gasteiger partial charge in [0, 0.05) is 13.7 Å². The zero-order valence-electron chi connectivity index (χ0n) is 20.4. The number of aryl methyl sites for hydroxylation is 1. The van der Waals surface area contributed by atoms with Crippen LogP contribution in [-0.2, 0) is 11.3 Å². The molecule has 0 radical (unpaired) electrons. The number of nitrogens with zero attached hydrogens (tertiary/aromatic N) is 4. The maximum absolute atomic E-state index is 13.8. The van der Waals surface area contributed by atoms with Gasteiger partial charge >= 0.3 is 5.69 Å². The minimum atomic E-state index is -0.755. The first-order valence-corrected chi connectivity index (χ1v) is 11.4. The number of nitrogen functional groups attached to an aromatic ring is 1. The molecular formula is C26H28N6O4. The number of nitrogens with one attached hydrogen (secondary N) is 1. The van der Waals surface area contributed by atoms with Crippen LogP contribution in [0.5, 0.6) is 0 Å². The molecule has 4 aromatic rings. The van der Waals surface area contributed by atoms with E-state index in [1.807, 2.05) is 61.5 Å². The monoisotopic (exact) mass is 488 g/mol. The van der Waals surface area contributed by atoms with Crippen molar-refractivity contribution < 1.29 is 9.53 Å². The van der Waals surface area contributed by atoms with E-state index in [0.29, 0.717) is 11.3 Å². The molecule has 0 saturated carbocycles. The molecule has 3 N–H and O–H groups in total. The van der Waals surface area contributed by atoms with E-state index in [1.54, 1.807) is 11.6 Å². The van der Waals surface area contributed by atoms with E-state index in [-0.39, 0.29) is 31.2 Å². The van der Waals surface area contributed by atoms with E-state index in [2.05, 4.69) is 10.1 Å². The van der Waals surface area contributed by atoms with Crippen LogP contribution in [0.1, 0.15) is 27.2 Å². The molecule has 10 heteroatoms.